The lowest BCUT2D eigenvalue weighted by Gasteiger charge is -2.09. The Kier molecular flexibility index (Phi) is 4.48. The molecule has 3 rings (SSSR count). The van der Waals surface area contributed by atoms with E-state index in [4.69, 9.17) is 0 Å². The zero-order chi connectivity index (χ0) is 18.0. The Bertz CT molecular complexity index is 869. The molecule has 0 aromatic heterocycles. The van der Waals surface area contributed by atoms with E-state index >= 15 is 0 Å². The molecule has 0 bridgehead atoms. The molecule has 0 atom stereocenters. The van der Waals surface area contributed by atoms with Gasteiger partial charge in [-0.05, 0) is 42.3 Å². The third kappa shape index (κ3) is 3.08. The molecular formula is C20H18N2O3. The van der Waals surface area contributed by atoms with Crippen molar-refractivity contribution >= 4 is 23.4 Å². The van der Waals surface area contributed by atoms with Gasteiger partial charge in [0.05, 0.1) is 11.1 Å². The minimum absolute atomic E-state index is 0.150. The van der Waals surface area contributed by atoms with Crippen molar-refractivity contribution in [3.05, 3.63) is 77.4 Å². The number of anilines is 1. The molecular weight excluding hydrogens is 316 g/mol. The van der Waals surface area contributed by atoms with Crippen LogP contribution in [0.15, 0.2) is 55.1 Å². The third-order valence-electron chi connectivity index (χ3n) is 4.16. The van der Waals surface area contributed by atoms with Crippen molar-refractivity contribution in [2.24, 2.45) is 0 Å². The van der Waals surface area contributed by atoms with E-state index in [9.17, 15) is 14.4 Å². The fourth-order valence-corrected chi connectivity index (χ4v) is 2.75. The van der Waals surface area contributed by atoms with Gasteiger partial charge in [-0.3, -0.25) is 19.3 Å². The fraction of sp³-hybridized carbons (Fsp3) is 0.150. The predicted octanol–water partition coefficient (Wildman–Crippen LogP) is 3.28. The van der Waals surface area contributed by atoms with E-state index in [1.807, 2.05) is 24.3 Å². The summed E-state index contributed by atoms with van der Waals surface area (Å²) in [5.41, 5.74) is 2.76. The quantitative estimate of drug-likeness (QED) is 0.674. The molecule has 0 spiro atoms. The summed E-state index contributed by atoms with van der Waals surface area (Å²) in [6.45, 7) is 5.76. The van der Waals surface area contributed by atoms with Crippen molar-refractivity contribution in [3.63, 3.8) is 0 Å². The standard InChI is InChI=1S/C20H18N2O3/c1-3-11-22-19(24)16-10-7-14(12-17(16)20(22)25)18(23)21-15-8-5-13(4-2)6-9-15/h3,5-10,12H,1,4,11H2,2H3,(H,21,23). The molecule has 0 aliphatic carbocycles. The Morgan fingerprint density at radius 1 is 1.08 bits per heavy atom. The smallest absolute Gasteiger partial charge is 0.261 e. The largest absolute Gasteiger partial charge is 0.322 e. The van der Waals surface area contributed by atoms with Crippen molar-refractivity contribution < 1.29 is 14.4 Å². The van der Waals surface area contributed by atoms with Gasteiger partial charge in [0.2, 0.25) is 0 Å². The van der Waals surface area contributed by atoms with Crippen LogP contribution in [0.3, 0.4) is 0 Å². The monoisotopic (exact) mass is 334 g/mol. The van der Waals surface area contributed by atoms with Crippen LogP contribution in [0.2, 0.25) is 0 Å². The highest BCUT2D eigenvalue weighted by molar-refractivity contribution is 6.22. The number of imide groups is 1. The van der Waals surface area contributed by atoms with E-state index in [2.05, 4.69) is 18.8 Å². The van der Waals surface area contributed by atoms with E-state index in [1.165, 1.54) is 23.8 Å². The van der Waals surface area contributed by atoms with Gasteiger partial charge >= 0.3 is 0 Å². The SMILES string of the molecule is C=CCN1C(=O)c2ccc(C(=O)Nc3ccc(CC)cc3)cc2C1=O. The van der Waals surface area contributed by atoms with Crippen LogP contribution < -0.4 is 5.32 Å². The van der Waals surface area contributed by atoms with Crippen molar-refractivity contribution in [1.29, 1.82) is 0 Å². The van der Waals surface area contributed by atoms with E-state index in [1.54, 1.807) is 6.07 Å². The van der Waals surface area contributed by atoms with Gasteiger partial charge in [-0.2, -0.15) is 0 Å². The summed E-state index contributed by atoms with van der Waals surface area (Å²) in [6, 6.07) is 12.1. The molecule has 1 heterocycles. The Morgan fingerprint density at radius 3 is 2.40 bits per heavy atom. The number of nitrogens with zero attached hydrogens (tertiary/aromatic N) is 1. The normalized spacial score (nSPS) is 12.9. The summed E-state index contributed by atoms with van der Waals surface area (Å²) in [5, 5.41) is 2.80. The summed E-state index contributed by atoms with van der Waals surface area (Å²) >= 11 is 0. The zero-order valence-electron chi connectivity index (χ0n) is 13.9. The number of rotatable bonds is 5. The number of carbonyl (C=O) groups excluding carboxylic acids is 3. The lowest BCUT2D eigenvalue weighted by atomic mass is 10.1. The van der Waals surface area contributed by atoms with Gasteiger partial charge in [0, 0.05) is 17.8 Å². The second kappa shape index (κ2) is 6.73. The highest BCUT2D eigenvalue weighted by Gasteiger charge is 2.35. The molecule has 5 nitrogen and oxygen atoms in total. The Balaban J connectivity index is 1.82. The molecule has 1 aliphatic rings. The van der Waals surface area contributed by atoms with Gasteiger partial charge in [-0.15, -0.1) is 6.58 Å². The molecule has 126 valence electrons. The Hall–Kier alpha value is -3.21. The first-order chi connectivity index (χ1) is 12.0. The average Bonchev–Trinajstić information content (AvgIpc) is 2.87. The van der Waals surface area contributed by atoms with Crippen molar-refractivity contribution in [3.8, 4) is 0 Å². The van der Waals surface area contributed by atoms with Gasteiger partial charge in [0.25, 0.3) is 17.7 Å². The van der Waals surface area contributed by atoms with Gasteiger partial charge in [0.1, 0.15) is 0 Å². The molecule has 0 saturated heterocycles. The molecule has 0 unspecified atom stereocenters. The molecule has 0 radical (unpaired) electrons. The minimum atomic E-state index is -0.401. The first-order valence-electron chi connectivity index (χ1n) is 8.06. The number of fused-ring (bicyclic) bond motifs is 1. The number of aryl methyl sites for hydroxylation is 1. The predicted molar refractivity (Wildman–Crippen MR) is 95.8 cm³/mol. The van der Waals surface area contributed by atoms with Crippen LogP contribution in [-0.2, 0) is 6.42 Å². The maximum Gasteiger partial charge on any atom is 0.261 e. The summed E-state index contributed by atoms with van der Waals surface area (Å²) in [5.74, 6) is -1.08. The Labute approximate surface area is 146 Å². The highest BCUT2D eigenvalue weighted by atomic mass is 16.2. The maximum atomic E-state index is 12.4. The lowest BCUT2D eigenvalue weighted by Crippen LogP contribution is -2.29. The Morgan fingerprint density at radius 2 is 1.76 bits per heavy atom. The van der Waals surface area contributed by atoms with Crippen molar-refractivity contribution in [1.82, 2.24) is 4.90 Å². The van der Waals surface area contributed by atoms with Crippen LogP contribution in [0.5, 0.6) is 0 Å². The molecule has 0 saturated carbocycles. The van der Waals surface area contributed by atoms with Crippen LogP contribution in [-0.4, -0.2) is 29.2 Å². The van der Waals surface area contributed by atoms with Gasteiger partial charge < -0.3 is 5.32 Å². The molecule has 0 fully saturated rings. The number of carbonyl (C=O) groups is 3. The first-order valence-corrected chi connectivity index (χ1v) is 8.06. The fourth-order valence-electron chi connectivity index (χ4n) is 2.75. The molecule has 3 amide bonds. The van der Waals surface area contributed by atoms with Crippen molar-refractivity contribution in [2.45, 2.75) is 13.3 Å². The second-order valence-corrected chi connectivity index (χ2v) is 5.77. The van der Waals surface area contributed by atoms with E-state index in [-0.39, 0.29) is 23.9 Å². The summed E-state index contributed by atoms with van der Waals surface area (Å²) < 4.78 is 0. The maximum absolute atomic E-state index is 12.4. The number of hydrogen-bond donors (Lipinski definition) is 1. The molecule has 25 heavy (non-hydrogen) atoms. The molecule has 1 aliphatic heterocycles. The summed E-state index contributed by atoms with van der Waals surface area (Å²) in [7, 11) is 0. The minimum Gasteiger partial charge on any atom is -0.322 e. The van der Waals surface area contributed by atoms with Crippen LogP contribution in [0, 0.1) is 0 Å². The summed E-state index contributed by atoms with van der Waals surface area (Å²) in [6.07, 6.45) is 2.42. The number of benzene rings is 2. The van der Waals surface area contributed by atoms with Gasteiger partial charge in [-0.25, -0.2) is 0 Å². The van der Waals surface area contributed by atoms with E-state index < -0.39 is 5.91 Å². The molecule has 2 aromatic carbocycles. The highest BCUT2D eigenvalue weighted by Crippen LogP contribution is 2.24. The number of nitrogens with one attached hydrogen (secondary N) is 1. The molecule has 5 heteroatoms. The molecule has 1 N–H and O–H groups in total. The van der Waals surface area contributed by atoms with Gasteiger partial charge in [-0.1, -0.05) is 25.1 Å². The van der Waals surface area contributed by atoms with Crippen LogP contribution in [0.4, 0.5) is 5.69 Å². The lowest BCUT2D eigenvalue weighted by molar-refractivity contribution is 0.0672. The first kappa shape index (κ1) is 16.6. The van der Waals surface area contributed by atoms with Gasteiger partial charge in [0.15, 0.2) is 0 Å². The number of hydrogen-bond acceptors (Lipinski definition) is 3. The zero-order valence-corrected chi connectivity index (χ0v) is 13.9. The van der Waals surface area contributed by atoms with Crippen LogP contribution in [0.25, 0.3) is 0 Å². The summed E-state index contributed by atoms with van der Waals surface area (Å²) in [4.78, 5) is 38.1. The van der Waals surface area contributed by atoms with E-state index in [0.717, 1.165) is 11.3 Å². The van der Waals surface area contributed by atoms with Crippen molar-refractivity contribution in [2.75, 3.05) is 11.9 Å². The molecule has 2 aromatic rings. The van der Waals surface area contributed by atoms with Crippen LogP contribution >= 0.6 is 0 Å². The number of amides is 3. The second-order valence-electron chi connectivity index (χ2n) is 5.77. The average molecular weight is 334 g/mol. The third-order valence-corrected chi connectivity index (χ3v) is 4.16. The topological polar surface area (TPSA) is 66.5 Å². The van der Waals surface area contributed by atoms with Crippen LogP contribution in [0.1, 0.15) is 43.6 Å². The van der Waals surface area contributed by atoms with E-state index in [0.29, 0.717) is 16.8 Å².